The van der Waals surface area contributed by atoms with E-state index in [1.54, 1.807) is 4.68 Å². The number of nitrogens with one attached hydrogen (secondary N) is 1. The van der Waals surface area contributed by atoms with Gasteiger partial charge >= 0.3 is 6.03 Å². The van der Waals surface area contributed by atoms with Crippen molar-refractivity contribution in [3.05, 3.63) is 17.5 Å². The van der Waals surface area contributed by atoms with Gasteiger partial charge in [-0.25, -0.2) is 4.79 Å². The molecular weight excluding hydrogens is 234 g/mol. The van der Waals surface area contributed by atoms with E-state index in [0.29, 0.717) is 25.2 Å². The fraction of sp³-hybridized carbons (Fsp3) is 0.545. The molecule has 0 atom stereocenters. The Bertz CT molecular complexity index is 480. The molecule has 18 heavy (non-hydrogen) atoms. The number of nitrogens with two attached hydrogens (primary N) is 1. The molecule has 3 amide bonds. The first-order chi connectivity index (χ1) is 8.49. The number of amides is 3. The Morgan fingerprint density at radius 2 is 2.17 bits per heavy atom. The molecular formula is C11H17N5O2. The summed E-state index contributed by atoms with van der Waals surface area (Å²) in [5.74, 6) is -0.169. The average Bonchev–Trinajstić information content (AvgIpc) is 2.70. The molecule has 1 aliphatic rings. The van der Waals surface area contributed by atoms with E-state index in [9.17, 15) is 9.59 Å². The molecule has 0 spiro atoms. The Hall–Kier alpha value is -2.05. The highest BCUT2D eigenvalue weighted by Crippen LogP contribution is 2.16. The molecule has 1 aromatic heterocycles. The number of urea groups is 1. The van der Waals surface area contributed by atoms with Crippen LogP contribution in [0.2, 0.25) is 0 Å². The van der Waals surface area contributed by atoms with Crippen LogP contribution in [-0.4, -0.2) is 39.2 Å². The first-order valence-electron chi connectivity index (χ1n) is 5.89. The lowest BCUT2D eigenvalue weighted by atomic mass is 10.2. The van der Waals surface area contributed by atoms with Gasteiger partial charge in [-0.2, -0.15) is 5.10 Å². The molecule has 0 saturated carbocycles. The van der Waals surface area contributed by atoms with Crippen LogP contribution in [-0.2, 0) is 13.1 Å². The van der Waals surface area contributed by atoms with Crippen molar-refractivity contribution in [3.63, 3.8) is 0 Å². The first kappa shape index (κ1) is 12.4. The van der Waals surface area contributed by atoms with Crippen molar-refractivity contribution in [1.82, 2.24) is 20.0 Å². The largest absolute Gasteiger partial charge is 0.351 e. The van der Waals surface area contributed by atoms with Crippen LogP contribution in [0.15, 0.2) is 6.20 Å². The maximum Gasteiger partial charge on any atom is 0.315 e. The van der Waals surface area contributed by atoms with Crippen molar-refractivity contribution in [1.29, 1.82) is 0 Å². The molecule has 0 aromatic carbocycles. The molecule has 0 unspecified atom stereocenters. The molecule has 7 heteroatoms. The minimum absolute atomic E-state index is 0.0592. The van der Waals surface area contributed by atoms with Gasteiger partial charge in [-0.3, -0.25) is 9.48 Å². The van der Waals surface area contributed by atoms with Crippen LogP contribution in [0.3, 0.4) is 0 Å². The van der Waals surface area contributed by atoms with Crippen LogP contribution in [0.25, 0.3) is 0 Å². The average molecular weight is 251 g/mol. The van der Waals surface area contributed by atoms with Crippen molar-refractivity contribution in [3.8, 4) is 0 Å². The van der Waals surface area contributed by atoms with Crippen LogP contribution in [0.1, 0.15) is 29.9 Å². The lowest BCUT2D eigenvalue weighted by molar-refractivity contribution is 0.0939. The Morgan fingerprint density at radius 3 is 2.78 bits per heavy atom. The third kappa shape index (κ3) is 2.29. The second-order valence-corrected chi connectivity index (χ2v) is 4.62. The van der Waals surface area contributed by atoms with Crippen molar-refractivity contribution >= 4 is 11.9 Å². The van der Waals surface area contributed by atoms with Gasteiger partial charge in [0.1, 0.15) is 0 Å². The summed E-state index contributed by atoms with van der Waals surface area (Å²) >= 11 is 0. The minimum atomic E-state index is -0.474. The van der Waals surface area contributed by atoms with E-state index < -0.39 is 6.03 Å². The highest BCUT2D eigenvalue weighted by molar-refractivity contribution is 5.95. The Morgan fingerprint density at radius 1 is 1.44 bits per heavy atom. The standard InChI is InChI=1S/C11H17N5O2/c1-7(2)14-10(17)8-5-13-16-4-3-15(11(12)18)6-9(8)16/h5,7H,3-4,6H2,1-2H3,(H2,12,18)(H,14,17). The maximum atomic E-state index is 12.0. The summed E-state index contributed by atoms with van der Waals surface area (Å²) in [5, 5.41) is 6.97. The normalized spacial score (nSPS) is 14.5. The zero-order valence-corrected chi connectivity index (χ0v) is 10.5. The van der Waals surface area contributed by atoms with Crippen molar-refractivity contribution in [2.45, 2.75) is 33.0 Å². The summed E-state index contributed by atoms with van der Waals surface area (Å²) in [4.78, 5) is 24.6. The second kappa shape index (κ2) is 4.67. The smallest absolute Gasteiger partial charge is 0.315 e. The van der Waals surface area contributed by atoms with Gasteiger partial charge in [0.05, 0.1) is 30.5 Å². The Labute approximate surface area is 105 Å². The Kier molecular flexibility index (Phi) is 3.22. The molecule has 0 saturated heterocycles. The number of primary amides is 1. The second-order valence-electron chi connectivity index (χ2n) is 4.62. The number of hydrogen-bond donors (Lipinski definition) is 2. The monoisotopic (exact) mass is 251 g/mol. The third-order valence-electron chi connectivity index (χ3n) is 2.85. The van der Waals surface area contributed by atoms with Gasteiger partial charge in [-0.15, -0.1) is 0 Å². The van der Waals surface area contributed by atoms with Gasteiger partial charge in [0, 0.05) is 12.6 Å². The number of fused-ring (bicyclic) bond motifs is 1. The number of rotatable bonds is 2. The molecule has 0 fully saturated rings. The molecule has 2 heterocycles. The SMILES string of the molecule is CC(C)NC(=O)c1cnn2c1CN(C(N)=O)CC2. The van der Waals surface area contributed by atoms with Gasteiger partial charge in [-0.1, -0.05) is 0 Å². The molecule has 0 aliphatic carbocycles. The summed E-state index contributed by atoms with van der Waals surface area (Å²) in [6.45, 7) is 5.20. The summed E-state index contributed by atoms with van der Waals surface area (Å²) in [6, 6.07) is -0.415. The fourth-order valence-corrected chi connectivity index (χ4v) is 1.96. The van der Waals surface area contributed by atoms with Crippen molar-refractivity contribution in [2.75, 3.05) is 6.54 Å². The summed E-state index contributed by atoms with van der Waals surface area (Å²) < 4.78 is 1.74. The van der Waals surface area contributed by atoms with Gasteiger partial charge in [0.2, 0.25) is 0 Å². The van der Waals surface area contributed by atoms with Crippen molar-refractivity contribution < 1.29 is 9.59 Å². The third-order valence-corrected chi connectivity index (χ3v) is 2.85. The fourth-order valence-electron chi connectivity index (χ4n) is 1.96. The number of carbonyl (C=O) groups is 2. The summed E-state index contributed by atoms with van der Waals surface area (Å²) in [5.41, 5.74) is 6.50. The van der Waals surface area contributed by atoms with Crippen LogP contribution in [0.4, 0.5) is 4.79 Å². The number of hydrogen-bond acceptors (Lipinski definition) is 3. The van der Waals surface area contributed by atoms with E-state index in [1.165, 1.54) is 11.1 Å². The van der Waals surface area contributed by atoms with Crippen LogP contribution >= 0.6 is 0 Å². The van der Waals surface area contributed by atoms with E-state index in [1.807, 2.05) is 13.8 Å². The first-order valence-corrected chi connectivity index (χ1v) is 5.89. The topological polar surface area (TPSA) is 93.2 Å². The Balaban J connectivity index is 2.23. The quantitative estimate of drug-likeness (QED) is 0.769. The minimum Gasteiger partial charge on any atom is -0.351 e. The van der Waals surface area contributed by atoms with E-state index in [-0.39, 0.29) is 11.9 Å². The zero-order valence-electron chi connectivity index (χ0n) is 10.5. The van der Waals surface area contributed by atoms with Gasteiger partial charge in [-0.05, 0) is 13.8 Å². The lowest BCUT2D eigenvalue weighted by Crippen LogP contribution is -2.42. The van der Waals surface area contributed by atoms with Crippen molar-refractivity contribution in [2.24, 2.45) is 5.73 Å². The molecule has 1 aliphatic heterocycles. The van der Waals surface area contributed by atoms with E-state index in [4.69, 9.17) is 5.73 Å². The predicted molar refractivity (Wildman–Crippen MR) is 64.8 cm³/mol. The zero-order chi connectivity index (χ0) is 13.3. The molecule has 7 nitrogen and oxygen atoms in total. The van der Waals surface area contributed by atoms with Crippen LogP contribution < -0.4 is 11.1 Å². The number of nitrogens with zero attached hydrogens (tertiary/aromatic N) is 3. The van der Waals surface area contributed by atoms with E-state index in [2.05, 4.69) is 10.4 Å². The lowest BCUT2D eigenvalue weighted by Gasteiger charge is -2.26. The number of carbonyl (C=O) groups excluding carboxylic acids is 2. The van der Waals surface area contributed by atoms with Gasteiger partial charge in [0.15, 0.2) is 0 Å². The predicted octanol–water partition coefficient (Wildman–Crippen LogP) is -0.0844. The summed E-state index contributed by atoms with van der Waals surface area (Å²) in [6.07, 6.45) is 1.54. The maximum absolute atomic E-state index is 12.0. The molecule has 0 radical (unpaired) electrons. The summed E-state index contributed by atoms with van der Waals surface area (Å²) in [7, 11) is 0. The van der Waals surface area contributed by atoms with Crippen LogP contribution in [0.5, 0.6) is 0 Å². The van der Waals surface area contributed by atoms with Gasteiger partial charge in [0.25, 0.3) is 5.91 Å². The molecule has 1 aromatic rings. The molecule has 98 valence electrons. The molecule has 2 rings (SSSR count). The van der Waals surface area contributed by atoms with Gasteiger partial charge < -0.3 is 16.0 Å². The highest BCUT2D eigenvalue weighted by Gasteiger charge is 2.25. The number of aromatic nitrogens is 2. The highest BCUT2D eigenvalue weighted by atomic mass is 16.2. The molecule has 0 bridgehead atoms. The van der Waals surface area contributed by atoms with E-state index in [0.717, 1.165) is 5.69 Å². The van der Waals surface area contributed by atoms with Crippen LogP contribution in [0, 0.1) is 0 Å². The molecule has 3 N–H and O–H groups in total. The van der Waals surface area contributed by atoms with E-state index >= 15 is 0 Å².